The van der Waals surface area contributed by atoms with Gasteiger partial charge in [0, 0.05) is 5.56 Å². The molecule has 0 spiro atoms. The molecule has 0 bridgehead atoms. The Morgan fingerprint density at radius 1 is 0.957 bits per heavy atom. The molecule has 0 atom stereocenters. The van der Waals surface area contributed by atoms with Gasteiger partial charge >= 0.3 is 0 Å². The Morgan fingerprint density at radius 2 is 1.57 bits per heavy atom. The topological polar surface area (TPSA) is 44.8 Å². The first kappa shape index (κ1) is 16.6. The largest absolute Gasteiger partial charge is 0.493 e. The normalized spacial score (nSPS) is 10.6. The fourth-order valence-corrected chi connectivity index (χ4v) is 2.31. The van der Waals surface area contributed by atoms with E-state index in [1.807, 2.05) is 31.2 Å². The van der Waals surface area contributed by atoms with Crippen molar-refractivity contribution in [3.8, 4) is 17.2 Å². The Morgan fingerprint density at radius 3 is 2.09 bits per heavy atom. The maximum atomic E-state index is 12.3. The van der Waals surface area contributed by atoms with Gasteiger partial charge in [-0.05, 0) is 36.3 Å². The van der Waals surface area contributed by atoms with Gasteiger partial charge in [-0.15, -0.1) is 0 Å². The number of aryl methyl sites for hydroxylation is 1. The highest BCUT2D eigenvalue weighted by molar-refractivity contribution is 6.07. The molecule has 0 amide bonds. The monoisotopic (exact) mass is 312 g/mol. The lowest BCUT2D eigenvalue weighted by Crippen LogP contribution is -1.98. The molecule has 0 saturated heterocycles. The Kier molecular flexibility index (Phi) is 5.41. The van der Waals surface area contributed by atoms with Crippen LogP contribution in [-0.4, -0.2) is 27.1 Å². The summed E-state index contributed by atoms with van der Waals surface area (Å²) in [5.74, 6) is 1.58. The van der Waals surface area contributed by atoms with Crippen LogP contribution in [0.15, 0.2) is 42.5 Å². The second kappa shape index (κ2) is 7.49. The van der Waals surface area contributed by atoms with Gasteiger partial charge in [0.1, 0.15) is 0 Å². The number of ether oxygens (including phenoxy) is 3. The molecule has 0 aliphatic rings. The van der Waals surface area contributed by atoms with E-state index >= 15 is 0 Å². The molecule has 0 unspecified atom stereocenters. The van der Waals surface area contributed by atoms with Gasteiger partial charge < -0.3 is 14.2 Å². The third kappa shape index (κ3) is 3.72. The maximum absolute atomic E-state index is 12.3. The molecule has 0 fully saturated rings. The molecule has 0 saturated carbocycles. The van der Waals surface area contributed by atoms with Crippen molar-refractivity contribution in [1.29, 1.82) is 0 Å². The van der Waals surface area contributed by atoms with E-state index < -0.39 is 0 Å². The van der Waals surface area contributed by atoms with Crippen molar-refractivity contribution in [3.05, 3.63) is 59.2 Å². The number of hydrogen-bond donors (Lipinski definition) is 0. The molecule has 4 nitrogen and oxygen atoms in total. The summed E-state index contributed by atoms with van der Waals surface area (Å²) in [5.41, 5.74) is 2.43. The highest BCUT2D eigenvalue weighted by Gasteiger charge is 2.12. The highest BCUT2D eigenvalue weighted by atomic mass is 16.5. The fourth-order valence-electron chi connectivity index (χ4n) is 2.31. The zero-order valence-corrected chi connectivity index (χ0v) is 13.8. The number of hydrogen-bond acceptors (Lipinski definition) is 4. The lowest BCUT2D eigenvalue weighted by Gasteiger charge is -2.12. The summed E-state index contributed by atoms with van der Waals surface area (Å²) in [5, 5.41) is 0. The quantitative estimate of drug-likeness (QED) is 0.599. The number of carbonyl (C=O) groups excluding carboxylic acids is 1. The lowest BCUT2D eigenvalue weighted by molar-refractivity contribution is 0.104. The number of allylic oxidation sites excluding steroid dienone is 1. The van der Waals surface area contributed by atoms with Crippen LogP contribution >= 0.6 is 0 Å². The Hall–Kier alpha value is -2.75. The summed E-state index contributed by atoms with van der Waals surface area (Å²) in [7, 11) is 4.67. The van der Waals surface area contributed by atoms with Crippen molar-refractivity contribution in [2.75, 3.05) is 21.3 Å². The van der Waals surface area contributed by atoms with Crippen molar-refractivity contribution in [2.24, 2.45) is 0 Å². The molecule has 4 heteroatoms. The van der Waals surface area contributed by atoms with E-state index in [2.05, 4.69) is 0 Å². The molecule has 2 rings (SSSR count). The van der Waals surface area contributed by atoms with Gasteiger partial charge in [-0.3, -0.25) is 4.79 Å². The molecule has 0 aliphatic heterocycles. The molecular formula is C19H20O4. The number of ketones is 1. The zero-order chi connectivity index (χ0) is 16.8. The molecule has 0 aromatic heterocycles. The van der Waals surface area contributed by atoms with Crippen molar-refractivity contribution >= 4 is 11.9 Å². The van der Waals surface area contributed by atoms with Gasteiger partial charge in [-0.25, -0.2) is 0 Å². The van der Waals surface area contributed by atoms with Crippen LogP contribution in [0, 0.1) is 6.92 Å². The third-order valence-electron chi connectivity index (χ3n) is 3.52. The second-order valence-corrected chi connectivity index (χ2v) is 4.97. The molecule has 0 heterocycles. The number of benzene rings is 2. The predicted molar refractivity (Wildman–Crippen MR) is 90.6 cm³/mol. The van der Waals surface area contributed by atoms with Crippen LogP contribution in [0.2, 0.25) is 0 Å². The maximum Gasteiger partial charge on any atom is 0.203 e. The lowest BCUT2D eigenvalue weighted by atomic mass is 10.0. The minimum atomic E-state index is -0.0446. The highest BCUT2D eigenvalue weighted by Crippen LogP contribution is 2.38. The molecule has 120 valence electrons. The van der Waals surface area contributed by atoms with E-state index in [9.17, 15) is 4.79 Å². The van der Waals surface area contributed by atoms with Crippen LogP contribution in [-0.2, 0) is 0 Å². The third-order valence-corrected chi connectivity index (χ3v) is 3.52. The molecule has 0 aliphatic carbocycles. The number of rotatable bonds is 6. The summed E-state index contributed by atoms with van der Waals surface area (Å²) < 4.78 is 15.9. The minimum absolute atomic E-state index is 0.0446. The summed E-state index contributed by atoms with van der Waals surface area (Å²) >= 11 is 0. The fraction of sp³-hybridized carbons (Fsp3) is 0.211. The summed E-state index contributed by atoms with van der Waals surface area (Å²) in [6, 6.07) is 11.1. The molecule has 23 heavy (non-hydrogen) atoms. The molecule has 0 radical (unpaired) electrons. The summed E-state index contributed by atoms with van der Waals surface area (Å²) in [6.07, 6.45) is 3.28. The van der Waals surface area contributed by atoms with Gasteiger partial charge in [0.15, 0.2) is 17.3 Å². The van der Waals surface area contributed by atoms with Crippen LogP contribution in [0.3, 0.4) is 0 Å². The molecular weight excluding hydrogens is 292 g/mol. The van der Waals surface area contributed by atoms with Crippen LogP contribution in [0.4, 0.5) is 0 Å². The first-order valence-corrected chi connectivity index (χ1v) is 7.18. The smallest absolute Gasteiger partial charge is 0.203 e. The van der Waals surface area contributed by atoms with Crippen LogP contribution < -0.4 is 14.2 Å². The SMILES string of the molecule is COc1cc(C=CC(=O)c2ccccc2C)cc(OC)c1OC. The van der Waals surface area contributed by atoms with Crippen molar-refractivity contribution in [3.63, 3.8) is 0 Å². The zero-order valence-electron chi connectivity index (χ0n) is 13.8. The molecule has 0 N–H and O–H groups in total. The number of carbonyl (C=O) groups is 1. The number of methoxy groups -OCH3 is 3. The van der Waals surface area contributed by atoms with E-state index in [1.54, 1.807) is 45.6 Å². The van der Waals surface area contributed by atoms with Gasteiger partial charge in [-0.2, -0.15) is 0 Å². The van der Waals surface area contributed by atoms with Crippen molar-refractivity contribution in [2.45, 2.75) is 6.92 Å². The van der Waals surface area contributed by atoms with Gasteiger partial charge in [0.25, 0.3) is 0 Å². The second-order valence-electron chi connectivity index (χ2n) is 4.97. The summed E-state index contributed by atoms with van der Waals surface area (Å²) in [4.78, 5) is 12.3. The average molecular weight is 312 g/mol. The van der Waals surface area contributed by atoms with Gasteiger partial charge in [-0.1, -0.05) is 30.3 Å². The van der Waals surface area contributed by atoms with E-state index in [0.29, 0.717) is 22.8 Å². The van der Waals surface area contributed by atoms with Crippen LogP contribution in [0.1, 0.15) is 21.5 Å². The van der Waals surface area contributed by atoms with Crippen LogP contribution in [0.5, 0.6) is 17.2 Å². The Balaban J connectivity index is 2.32. The van der Waals surface area contributed by atoms with Gasteiger partial charge in [0.2, 0.25) is 5.75 Å². The first-order valence-electron chi connectivity index (χ1n) is 7.18. The molecule has 2 aromatic rings. The van der Waals surface area contributed by atoms with E-state index in [4.69, 9.17) is 14.2 Å². The van der Waals surface area contributed by atoms with E-state index in [0.717, 1.165) is 11.1 Å². The van der Waals surface area contributed by atoms with Crippen molar-refractivity contribution in [1.82, 2.24) is 0 Å². The molecule has 2 aromatic carbocycles. The van der Waals surface area contributed by atoms with Gasteiger partial charge in [0.05, 0.1) is 21.3 Å². The van der Waals surface area contributed by atoms with Crippen molar-refractivity contribution < 1.29 is 19.0 Å². The van der Waals surface area contributed by atoms with Crippen LogP contribution in [0.25, 0.3) is 6.08 Å². The Labute approximate surface area is 136 Å². The van der Waals surface area contributed by atoms with E-state index in [1.165, 1.54) is 0 Å². The standard InChI is InChI=1S/C19H20O4/c1-13-7-5-6-8-15(13)16(20)10-9-14-11-17(21-2)19(23-4)18(12-14)22-3/h5-12H,1-4H3. The summed E-state index contributed by atoms with van der Waals surface area (Å²) in [6.45, 7) is 1.92. The first-order chi connectivity index (χ1) is 11.1. The minimum Gasteiger partial charge on any atom is -0.493 e. The predicted octanol–water partition coefficient (Wildman–Crippen LogP) is 3.92. The average Bonchev–Trinajstić information content (AvgIpc) is 2.58. The Bertz CT molecular complexity index is 707. The van der Waals surface area contributed by atoms with E-state index in [-0.39, 0.29) is 5.78 Å².